The molecular weight excluding hydrogens is 448 g/mol. The maximum absolute atomic E-state index is 13.3. The van der Waals surface area contributed by atoms with Crippen molar-refractivity contribution in [3.8, 4) is 17.5 Å². The van der Waals surface area contributed by atoms with E-state index in [0.29, 0.717) is 28.2 Å². The standard InChI is InChI=1S/C21H17BrN6O2/c1-12(27-10-15(22)18-19(24)25-11-26-20(18)27)16-8-17(30-2)14(9-23)21(29)28(16)13-6-4-3-5-7-13/h3-8,10-12H,1-2H3,(H2,24,25,26). The number of hydrogen-bond acceptors (Lipinski definition) is 6. The lowest BCUT2D eigenvalue weighted by molar-refractivity contribution is 0.409. The monoisotopic (exact) mass is 464 g/mol. The molecule has 2 N–H and O–H groups in total. The minimum Gasteiger partial charge on any atom is -0.495 e. The Morgan fingerprint density at radius 3 is 2.67 bits per heavy atom. The van der Waals surface area contributed by atoms with E-state index < -0.39 is 5.56 Å². The molecule has 3 heterocycles. The first-order valence-electron chi connectivity index (χ1n) is 9.03. The van der Waals surface area contributed by atoms with Crippen LogP contribution in [-0.2, 0) is 0 Å². The summed E-state index contributed by atoms with van der Waals surface area (Å²) in [5, 5.41) is 10.2. The van der Waals surface area contributed by atoms with Crippen molar-refractivity contribution in [3.05, 3.63) is 75.0 Å². The third-order valence-electron chi connectivity index (χ3n) is 4.98. The summed E-state index contributed by atoms with van der Waals surface area (Å²) in [5.41, 5.74) is 7.43. The van der Waals surface area contributed by atoms with Crippen LogP contribution in [0.1, 0.15) is 24.2 Å². The fraction of sp³-hybridized carbons (Fsp3) is 0.143. The van der Waals surface area contributed by atoms with Crippen molar-refractivity contribution in [2.24, 2.45) is 0 Å². The van der Waals surface area contributed by atoms with Crippen LogP contribution in [0, 0.1) is 11.3 Å². The number of aromatic nitrogens is 4. The summed E-state index contributed by atoms with van der Waals surface area (Å²) in [4.78, 5) is 21.7. The molecule has 30 heavy (non-hydrogen) atoms. The third kappa shape index (κ3) is 3.02. The fourth-order valence-electron chi connectivity index (χ4n) is 3.52. The van der Waals surface area contributed by atoms with Gasteiger partial charge in [0.1, 0.15) is 29.6 Å². The van der Waals surface area contributed by atoms with Crippen molar-refractivity contribution < 1.29 is 4.74 Å². The second-order valence-corrected chi connectivity index (χ2v) is 7.47. The molecule has 3 aromatic heterocycles. The van der Waals surface area contributed by atoms with Gasteiger partial charge in [-0.15, -0.1) is 0 Å². The molecule has 0 aliphatic rings. The number of methoxy groups -OCH3 is 1. The lowest BCUT2D eigenvalue weighted by Gasteiger charge is -2.22. The number of halogens is 1. The smallest absolute Gasteiger partial charge is 0.277 e. The Bertz CT molecular complexity index is 1350. The number of nitrogen functional groups attached to an aromatic ring is 1. The number of hydrogen-bond donors (Lipinski definition) is 1. The van der Waals surface area contributed by atoms with Gasteiger partial charge in [-0.05, 0) is 35.0 Å². The maximum atomic E-state index is 13.3. The normalized spacial score (nSPS) is 11.9. The summed E-state index contributed by atoms with van der Waals surface area (Å²) >= 11 is 3.52. The van der Waals surface area contributed by atoms with E-state index in [1.807, 2.05) is 54.1 Å². The second kappa shape index (κ2) is 7.65. The molecular formula is C21H17BrN6O2. The third-order valence-corrected chi connectivity index (χ3v) is 5.59. The fourth-order valence-corrected chi connectivity index (χ4v) is 4.12. The molecule has 1 unspecified atom stereocenters. The zero-order valence-corrected chi connectivity index (χ0v) is 17.8. The number of ether oxygens (including phenoxy) is 1. The second-order valence-electron chi connectivity index (χ2n) is 6.62. The van der Waals surface area contributed by atoms with Crippen molar-refractivity contribution in [2.45, 2.75) is 13.0 Å². The molecule has 8 nitrogen and oxygen atoms in total. The molecule has 0 bridgehead atoms. The van der Waals surface area contributed by atoms with Gasteiger partial charge in [-0.25, -0.2) is 9.97 Å². The van der Waals surface area contributed by atoms with Crippen LogP contribution in [0.3, 0.4) is 0 Å². The Kier molecular flexibility index (Phi) is 5.01. The van der Waals surface area contributed by atoms with Crippen molar-refractivity contribution >= 4 is 32.8 Å². The average molecular weight is 465 g/mol. The van der Waals surface area contributed by atoms with Gasteiger partial charge in [0, 0.05) is 22.4 Å². The molecule has 0 fully saturated rings. The van der Waals surface area contributed by atoms with Gasteiger partial charge in [-0.1, -0.05) is 18.2 Å². The molecule has 4 rings (SSSR count). The molecule has 1 aromatic carbocycles. The summed E-state index contributed by atoms with van der Waals surface area (Å²) < 4.78 is 9.52. The van der Waals surface area contributed by atoms with Gasteiger partial charge in [-0.2, -0.15) is 5.26 Å². The van der Waals surface area contributed by atoms with Gasteiger partial charge in [0.2, 0.25) is 0 Å². The SMILES string of the molecule is COc1cc(C(C)n2cc(Br)c3c(N)ncnc32)n(-c2ccccc2)c(=O)c1C#N. The molecule has 0 aliphatic heterocycles. The first-order valence-corrected chi connectivity index (χ1v) is 9.83. The van der Waals surface area contributed by atoms with Gasteiger partial charge in [0.25, 0.3) is 5.56 Å². The van der Waals surface area contributed by atoms with Crippen LogP contribution in [0.4, 0.5) is 5.82 Å². The molecule has 0 saturated carbocycles. The van der Waals surface area contributed by atoms with Crippen LogP contribution in [-0.4, -0.2) is 26.2 Å². The number of para-hydroxylation sites is 1. The van der Waals surface area contributed by atoms with E-state index >= 15 is 0 Å². The van der Waals surface area contributed by atoms with Gasteiger partial charge in [-0.3, -0.25) is 9.36 Å². The minimum atomic E-state index is -0.449. The van der Waals surface area contributed by atoms with Gasteiger partial charge in [0.05, 0.1) is 24.2 Å². The first kappa shape index (κ1) is 19.7. The zero-order valence-electron chi connectivity index (χ0n) is 16.2. The topological polar surface area (TPSA) is 112 Å². The number of nitrogens with zero attached hydrogens (tertiary/aromatic N) is 5. The Morgan fingerprint density at radius 2 is 2.00 bits per heavy atom. The highest BCUT2D eigenvalue weighted by atomic mass is 79.9. The molecule has 0 saturated heterocycles. The number of rotatable bonds is 4. The van der Waals surface area contributed by atoms with Gasteiger partial charge in [0.15, 0.2) is 5.56 Å². The largest absolute Gasteiger partial charge is 0.495 e. The predicted octanol–water partition coefficient (Wildman–Crippen LogP) is 3.42. The Hall–Kier alpha value is -3.64. The van der Waals surface area contributed by atoms with E-state index in [-0.39, 0.29) is 17.4 Å². The molecule has 0 aliphatic carbocycles. The van der Waals surface area contributed by atoms with E-state index in [4.69, 9.17) is 10.5 Å². The lowest BCUT2D eigenvalue weighted by atomic mass is 10.1. The zero-order chi connectivity index (χ0) is 21.4. The van der Waals surface area contributed by atoms with Crippen LogP contribution < -0.4 is 16.0 Å². The molecule has 0 spiro atoms. The number of fused-ring (bicyclic) bond motifs is 1. The first-order chi connectivity index (χ1) is 14.5. The van der Waals surface area contributed by atoms with Gasteiger partial charge >= 0.3 is 0 Å². The van der Waals surface area contributed by atoms with Crippen LogP contribution >= 0.6 is 15.9 Å². The Labute approximate surface area is 180 Å². The predicted molar refractivity (Wildman–Crippen MR) is 117 cm³/mol. The molecule has 0 amide bonds. The van der Waals surface area contributed by atoms with E-state index in [1.165, 1.54) is 18.0 Å². The summed E-state index contributed by atoms with van der Waals surface area (Å²) in [6.07, 6.45) is 3.25. The van der Waals surface area contributed by atoms with Crippen LogP contribution in [0.25, 0.3) is 16.7 Å². The summed E-state index contributed by atoms with van der Waals surface area (Å²) in [6, 6.07) is 12.5. The molecule has 0 radical (unpaired) electrons. The number of benzene rings is 1. The molecule has 150 valence electrons. The number of nitrogens with two attached hydrogens (primary N) is 1. The highest BCUT2D eigenvalue weighted by Crippen LogP contribution is 2.33. The van der Waals surface area contributed by atoms with E-state index in [0.717, 1.165) is 4.47 Å². The highest BCUT2D eigenvalue weighted by molar-refractivity contribution is 9.10. The van der Waals surface area contributed by atoms with Crippen molar-refractivity contribution in [1.82, 2.24) is 19.1 Å². The molecule has 1 atom stereocenters. The van der Waals surface area contributed by atoms with Crippen LogP contribution in [0.5, 0.6) is 5.75 Å². The van der Waals surface area contributed by atoms with E-state index in [9.17, 15) is 10.1 Å². The van der Waals surface area contributed by atoms with E-state index in [1.54, 1.807) is 6.07 Å². The maximum Gasteiger partial charge on any atom is 0.277 e. The van der Waals surface area contributed by atoms with Crippen LogP contribution in [0.2, 0.25) is 0 Å². The highest BCUT2D eigenvalue weighted by Gasteiger charge is 2.23. The van der Waals surface area contributed by atoms with Crippen molar-refractivity contribution in [1.29, 1.82) is 5.26 Å². The van der Waals surface area contributed by atoms with Crippen molar-refractivity contribution in [2.75, 3.05) is 12.8 Å². The lowest BCUT2D eigenvalue weighted by Crippen LogP contribution is -2.27. The average Bonchev–Trinajstić information content (AvgIpc) is 3.10. The summed E-state index contributed by atoms with van der Waals surface area (Å²) in [5.74, 6) is 0.580. The number of pyridine rings is 1. The summed E-state index contributed by atoms with van der Waals surface area (Å²) in [6.45, 7) is 1.93. The minimum absolute atomic E-state index is 0.0533. The molecule has 4 aromatic rings. The number of anilines is 1. The van der Waals surface area contributed by atoms with Gasteiger partial charge < -0.3 is 15.0 Å². The number of nitriles is 1. The molecule has 9 heteroatoms. The quantitative estimate of drug-likeness (QED) is 0.495. The summed E-state index contributed by atoms with van der Waals surface area (Å²) in [7, 11) is 1.44. The van der Waals surface area contributed by atoms with Crippen molar-refractivity contribution in [3.63, 3.8) is 0 Å². The Balaban J connectivity index is 2.04. The van der Waals surface area contributed by atoms with E-state index in [2.05, 4.69) is 25.9 Å². The Morgan fingerprint density at radius 1 is 1.27 bits per heavy atom. The van der Waals surface area contributed by atoms with Crippen LogP contribution in [0.15, 0.2) is 58.2 Å².